The van der Waals surface area contributed by atoms with Gasteiger partial charge in [0.1, 0.15) is 11.9 Å². The van der Waals surface area contributed by atoms with Crippen molar-refractivity contribution in [2.24, 2.45) is 5.92 Å². The number of nitrogens with zero attached hydrogens (tertiary/aromatic N) is 3. The Labute approximate surface area is 244 Å². The van der Waals surface area contributed by atoms with Crippen molar-refractivity contribution >= 4 is 40.7 Å². The Hall–Kier alpha value is -3.17. The number of ether oxygens (including phenoxy) is 1. The van der Waals surface area contributed by atoms with Crippen molar-refractivity contribution < 1.29 is 19.4 Å². The predicted molar refractivity (Wildman–Crippen MR) is 157 cm³/mol. The van der Waals surface area contributed by atoms with E-state index >= 15 is 0 Å². The van der Waals surface area contributed by atoms with Gasteiger partial charge in [0.25, 0.3) is 5.91 Å². The van der Waals surface area contributed by atoms with E-state index in [-0.39, 0.29) is 42.9 Å². The minimum absolute atomic E-state index is 0.0359. The van der Waals surface area contributed by atoms with Crippen molar-refractivity contribution in [3.63, 3.8) is 0 Å². The zero-order chi connectivity index (χ0) is 28.8. The second-order valence-electron chi connectivity index (χ2n) is 10.3. The lowest BCUT2D eigenvalue weighted by Crippen LogP contribution is -2.47. The van der Waals surface area contributed by atoms with E-state index in [2.05, 4.69) is 22.1 Å². The standard InChI is InChI=1S/C30H34Cl2N4O4/c1-19-15-36(20(2)18-37)29(38)14-23-13-24(34-30(39)22-8-10-33-11-9-22)5-7-27(23)40-28(19)17-35(3)16-21-4-6-25(31)26(32)12-21/h4-13,19-20,28,37H,14-18H2,1-3H3,(H,34,39)/t19-,20-,28+/m0/s1. The molecular formula is C30H34Cl2N4O4. The number of carbonyl (C=O) groups excluding carboxylic acids is 2. The summed E-state index contributed by atoms with van der Waals surface area (Å²) in [6.45, 7) is 5.39. The van der Waals surface area contributed by atoms with Gasteiger partial charge in [-0.05, 0) is 62.0 Å². The molecule has 4 rings (SSSR count). The summed E-state index contributed by atoms with van der Waals surface area (Å²) in [6, 6.07) is 13.9. The van der Waals surface area contributed by atoms with Gasteiger partial charge in [0, 0.05) is 54.8 Å². The number of fused-ring (bicyclic) bond motifs is 1. The maximum Gasteiger partial charge on any atom is 0.255 e. The largest absolute Gasteiger partial charge is 0.488 e. The van der Waals surface area contributed by atoms with Crippen molar-refractivity contribution in [1.82, 2.24) is 14.8 Å². The van der Waals surface area contributed by atoms with E-state index in [1.165, 1.54) is 0 Å². The van der Waals surface area contributed by atoms with Crippen LogP contribution in [0.5, 0.6) is 5.75 Å². The van der Waals surface area contributed by atoms with E-state index in [0.717, 1.165) is 5.56 Å². The Bertz CT molecular complexity index is 1340. The molecule has 10 heteroatoms. The van der Waals surface area contributed by atoms with Crippen molar-refractivity contribution in [3.05, 3.63) is 87.7 Å². The first-order valence-electron chi connectivity index (χ1n) is 13.2. The minimum Gasteiger partial charge on any atom is -0.488 e. The van der Waals surface area contributed by atoms with Gasteiger partial charge in [-0.1, -0.05) is 36.2 Å². The van der Waals surface area contributed by atoms with E-state index < -0.39 is 0 Å². The third-order valence-electron chi connectivity index (χ3n) is 7.04. The highest BCUT2D eigenvalue weighted by molar-refractivity contribution is 6.42. The Morgan fingerprint density at radius 1 is 1.18 bits per heavy atom. The molecule has 0 saturated heterocycles. The molecule has 1 aliphatic heterocycles. The topological polar surface area (TPSA) is 95.0 Å². The monoisotopic (exact) mass is 584 g/mol. The fourth-order valence-corrected chi connectivity index (χ4v) is 5.07. The maximum atomic E-state index is 13.4. The number of aliphatic hydroxyl groups excluding tert-OH is 1. The number of nitrogens with one attached hydrogen (secondary N) is 1. The summed E-state index contributed by atoms with van der Waals surface area (Å²) in [7, 11) is 2.00. The average Bonchev–Trinajstić information content (AvgIpc) is 2.98. The van der Waals surface area contributed by atoms with Crippen LogP contribution in [0.15, 0.2) is 60.9 Å². The molecule has 0 unspecified atom stereocenters. The zero-order valence-corrected chi connectivity index (χ0v) is 24.3. The van der Waals surface area contributed by atoms with Gasteiger partial charge in [-0.15, -0.1) is 0 Å². The molecule has 0 radical (unpaired) electrons. The highest BCUT2D eigenvalue weighted by atomic mass is 35.5. The van der Waals surface area contributed by atoms with Gasteiger partial charge < -0.3 is 20.1 Å². The van der Waals surface area contributed by atoms with Crippen LogP contribution in [0.3, 0.4) is 0 Å². The zero-order valence-electron chi connectivity index (χ0n) is 22.8. The number of aromatic nitrogens is 1. The number of likely N-dealkylation sites (N-methyl/N-ethyl adjacent to an activating group) is 1. The first-order valence-corrected chi connectivity index (χ1v) is 13.9. The van der Waals surface area contributed by atoms with Gasteiger partial charge in [-0.3, -0.25) is 19.5 Å². The van der Waals surface area contributed by atoms with Crippen LogP contribution in [-0.2, 0) is 17.8 Å². The highest BCUT2D eigenvalue weighted by Crippen LogP contribution is 2.30. The smallest absolute Gasteiger partial charge is 0.255 e. The summed E-state index contributed by atoms with van der Waals surface area (Å²) < 4.78 is 6.58. The Kier molecular flexibility index (Phi) is 10.0. The number of pyridine rings is 1. The number of carbonyl (C=O) groups is 2. The van der Waals surface area contributed by atoms with Crippen LogP contribution < -0.4 is 10.1 Å². The van der Waals surface area contributed by atoms with Crippen LogP contribution >= 0.6 is 23.2 Å². The van der Waals surface area contributed by atoms with Crippen molar-refractivity contribution in [3.8, 4) is 5.75 Å². The summed E-state index contributed by atoms with van der Waals surface area (Å²) in [6.07, 6.45) is 2.94. The summed E-state index contributed by atoms with van der Waals surface area (Å²) in [4.78, 5) is 34.0. The lowest BCUT2D eigenvalue weighted by Gasteiger charge is -2.34. The molecule has 2 heterocycles. The number of halogens is 2. The second-order valence-corrected chi connectivity index (χ2v) is 11.2. The van der Waals surface area contributed by atoms with E-state index in [4.69, 9.17) is 27.9 Å². The molecule has 3 atom stereocenters. The summed E-state index contributed by atoms with van der Waals surface area (Å²) in [5.41, 5.74) is 2.72. The number of hydrogen-bond donors (Lipinski definition) is 2. The molecule has 0 saturated carbocycles. The van der Waals surface area contributed by atoms with Crippen LogP contribution in [-0.4, -0.2) is 70.6 Å². The first kappa shape index (κ1) is 29.8. The molecule has 2 amide bonds. The van der Waals surface area contributed by atoms with Crippen molar-refractivity contribution in [2.45, 2.75) is 39.0 Å². The number of hydrogen-bond acceptors (Lipinski definition) is 6. The molecule has 3 aromatic rings. The normalized spacial score (nSPS) is 18.3. The van der Waals surface area contributed by atoms with E-state index in [9.17, 15) is 14.7 Å². The molecule has 8 nitrogen and oxygen atoms in total. The van der Waals surface area contributed by atoms with Crippen LogP contribution in [0.4, 0.5) is 5.69 Å². The predicted octanol–water partition coefficient (Wildman–Crippen LogP) is 4.92. The van der Waals surface area contributed by atoms with Gasteiger partial charge in [0.2, 0.25) is 5.91 Å². The van der Waals surface area contributed by atoms with Crippen LogP contribution in [0.25, 0.3) is 0 Å². The molecule has 212 valence electrons. The number of aliphatic hydroxyl groups is 1. The van der Waals surface area contributed by atoms with Crippen LogP contribution in [0, 0.1) is 5.92 Å². The molecule has 0 fully saturated rings. The van der Waals surface area contributed by atoms with E-state index in [0.29, 0.717) is 52.2 Å². The average molecular weight is 586 g/mol. The summed E-state index contributed by atoms with van der Waals surface area (Å²) in [5.74, 6) is 0.170. The van der Waals surface area contributed by atoms with Gasteiger partial charge in [-0.2, -0.15) is 0 Å². The number of amides is 2. The van der Waals surface area contributed by atoms with Gasteiger partial charge in [0.05, 0.1) is 29.1 Å². The molecule has 0 bridgehead atoms. The third kappa shape index (κ3) is 7.52. The molecule has 0 aliphatic carbocycles. The molecule has 1 aromatic heterocycles. The van der Waals surface area contributed by atoms with E-state index in [1.54, 1.807) is 53.7 Å². The maximum absolute atomic E-state index is 13.4. The number of anilines is 1. The molecular weight excluding hydrogens is 551 g/mol. The van der Waals surface area contributed by atoms with Crippen LogP contribution in [0.2, 0.25) is 10.0 Å². The fraction of sp³-hybridized carbons (Fsp3) is 0.367. The molecule has 0 spiro atoms. The van der Waals surface area contributed by atoms with Crippen molar-refractivity contribution in [1.29, 1.82) is 0 Å². The first-order chi connectivity index (χ1) is 19.1. The Morgan fingerprint density at radius 3 is 2.62 bits per heavy atom. The van der Waals surface area contributed by atoms with Gasteiger partial charge in [-0.25, -0.2) is 0 Å². The molecule has 40 heavy (non-hydrogen) atoms. The molecule has 2 aromatic carbocycles. The second kappa shape index (κ2) is 13.5. The Morgan fingerprint density at radius 2 is 1.93 bits per heavy atom. The summed E-state index contributed by atoms with van der Waals surface area (Å²) in [5, 5.41) is 13.8. The van der Waals surface area contributed by atoms with Gasteiger partial charge in [0.15, 0.2) is 0 Å². The Balaban J connectivity index is 1.59. The van der Waals surface area contributed by atoms with Crippen LogP contribution in [0.1, 0.15) is 35.3 Å². The third-order valence-corrected chi connectivity index (χ3v) is 7.78. The quantitative estimate of drug-likeness (QED) is 0.390. The minimum atomic E-state index is -0.347. The molecule has 2 N–H and O–H groups in total. The number of rotatable bonds is 8. The summed E-state index contributed by atoms with van der Waals surface area (Å²) >= 11 is 12.3. The lowest BCUT2D eigenvalue weighted by molar-refractivity contribution is -0.134. The van der Waals surface area contributed by atoms with E-state index in [1.807, 2.05) is 26.1 Å². The highest BCUT2D eigenvalue weighted by Gasteiger charge is 2.31. The fourth-order valence-electron chi connectivity index (χ4n) is 4.75. The SMILES string of the molecule is C[C@H]1CN([C@@H](C)CO)C(=O)Cc2cc(NC(=O)c3ccncc3)ccc2O[C@@H]1CN(C)Cc1ccc(Cl)c(Cl)c1. The van der Waals surface area contributed by atoms with Crippen molar-refractivity contribution in [2.75, 3.05) is 32.1 Å². The molecule has 1 aliphatic rings. The van der Waals surface area contributed by atoms with Gasteiger partial charge >= 0.3 is 0 Å². The number of benzene rings is 2. The lowest BCUT2D eigenvalue weighted by atomic mass is 10.0.